The number of aromatic nitrogens is 6. The molecule has 1 aliphatic rings. The van der Waals surface area contributed by atoms with E-state index in [1.807, 2.05) is 37.2 Å². The Labute approximate surface area is 221 Å². The first-order valence-electron chi connectivity index (χ1n) is 13.1. The number of nitrogens with one attached hydrogen (secondary N) is 6. The third kappa shape index (κ3) is 3.24. The topological polar surface area (TPSA) is 101 Å². The third-order valence-electron chi connectivity index (χ3n) is 8.32. The summed E-state index contributed by atoms with van der Waals surface area (Å²) in [5.74, 6) is 0. The molecule has 0 aliphatic carbocycles. The first-order valence-corrected chi connectivity index (χ1v) is 13.1. The Balaban J connectivity index is 1.33. The van der Waals surface area contributed by atoms with Gasteiger partial charge in [0.15, 0.2) is 0 Å². The van der Waals surface area contributed by atoms with Gasteiger partial charge in [-0.3, -0.25) is 9.80 Å². The number of H-pyrrole nitrogens is 6. The van der Waals surface area contributed by atoms with Gasteiger partial charge in [-0.05, 0) is 69.8 Å². The number of piperazine rings is 1. The average molecular weight is 505 g/mol. The van der Waals surface area contributed by atoms with Crippen molar-refractivity contribution in [3.05, 3.63) is 144 Å². The van der Waals surface area contributed by atoms with Gasteiger partial charge in [0, 0.05) is 101 Å². The van der Waals surface area contributed by atoms with Gasteiger partial charge in [0.05, 0.1) is 0 Å². The fourth-order valence-corrected chi connectivity index (χ4v) is 6.77. The van der Waals surface area contributed by atoms with Crippen LogP contribution in [0.3, 0.4) is 0 Å². The van der Waals surface area contributed by atoms with E-state index in [0.717, 1.165) is 26.2 Å². The maximum absolute atomic E-state index is 3.32. The summed E-state index contributed by atoms with van der Waals surface area (Å²) in [5.41, 5.74) is 6.58. The minimum absolute atomic E-state index is 0.412. The molecule has 6 aromatic heterocycles. The quantitative estimate of drug-likeness (QED) is 0.183. The molecule has 6 N–H and O–H groups in total. The SMILES string of the molecule is c1cc(C(c2cc[nH]c2)(c2cc[nH]c2)N2CCN(C(c3cc[nH]c3)(c3cc[nH]c3)c3cc[nH]c3)CC2)c[nH]1. The molecule has 0 bridgehead atoms. The zero-order chi connectivity index (χ0) is 25.4. The Morgan fingerprint density at radius 3 is 0.737 bits per heavy atom. The lowest BCUT2D eigenvalue weighted by Gasteiger charge is -2.52. The van der Waals surface area contributed by atoms with Crippen molar-refractivity contribution in [1.82, 2.24) is 39.7 Å². The fourth-order valence-electron chi connectivity index (χ4n) is 6.77. The molecule has 1 saturated heterocycles. The van der Waals surface area contributed by atoms with Crippen LogP contribution < -0.4 is 0 Å². The maximum Gasteiger partial charge on any atom is 0.102 e. The Morgan fingerprint density at radius 2 is 0.579 bits per heavy atom. The summed E-state index contributed by atoms with van der Waals surface area (Å²) in [6.45, 7) is 3.57. The lowest BCUT2D eigenvalue weighted by molar-refractivity contribution is 0.0351. The van der Waals surface area contributed by atoms with Crippen LogP contribution in [0.25, 0.3) is 0 Å². The molecule has 0 atom stereocenters. The number of nitrogens with zero attached hydrogens (tertiary/aromatic N) is 2. The predicted molar refractivity (Wildman–Crippen MR) is 148 cm³/mol. The van der Waals surface area contributed by atoms with Gasteiger partial charge in [-0.2, -0.15) is 0 Å². The van der Waals surface area contributed by atoms with Gasteiger partial charge < -0.3 is 29.9 Å². The van der Waals surface area contributed by atoms with Crippen LogP contribution >= 0.6 is 0 Å². The second-order valence-electron chi connectivity index (χ2n) is 9.99. The Bertz CT molecular complexity index is 1210. The first-order chi connectivity index (χ1) is 18.8. The van der Waals surface area contributed by atoms with Crippen LogP contribution in [-0.4, -0.2) is 65.9 Å². The van der Waals surface area contributed by atoms with E-state index in [1.165, 1.54) is 33.4 Å². The van der Waals surface area contributed by atoms with Crippen molar-refractivity contribution in [2.24, 2.45) is 0 Å². The van der Waals surface area contributed by atoms with Crippen LogP contribution in [0.15, 0.2) is 111 Å². The van der Waals surface area contributed by atoms with E-state index in [-0.39, 0.29) is 0 Å². The molecule has 0 aromatic carbocycles. The molecule has 0 unspecified atom stereocenters. The normalized spacial score (nSPS) is 15.8. The second-order valence-corrected chi connectivity index (χ2v) is 9.99. The second kappa shape index (κ2) is 9.16. The highest BCUT2D eigenvalue weighted by atomic mass is 15.3. The molecule has 8 heteroatoms. The van der Waals surface area contributed by atoms with E-state index in [2.05, 4.69) is 113 Å². The van der Waals surface area contributed by atoms with Gasteiger partial charge in [0.2, 0.25) is 0 Å². The fraction of sp³-hybridized carbons (Fsp3) is 0.200. The lowest BCUT2D eigenvalue weighted by atomic mass is 9.76. The van der Waals surface area contributed by atoms with Crippen LogP contribution in [0.4, 0.5) is 0 Å². The van der Waals surface area contributed by atoms with Crippen LogP contribution in [0.1, 0.15) is 33.4 Å². The summed E-state index contributed by atoms with van der Waals surface area (Å²) in [7, 11) is 0. The molecule has 0 radical (unpaired) electrons. The highest BCUT2D eigenvalue weighted by molar-refractivity contribution is 5.50. The number of hydrogen-bond acceptors (Lipinski definition) is 2. The number of hydrogen-bond donors (Lipinski definition) is 6. The molecule has 192 valence electrons. The lowest BCUT2D eigenvalue weighted by Crippen LogP contribution is -2.61. The molecule has 1 aliphatic heterocycles. The van der Waals surface area contributed by atoms with Gasteiger partial charge in [-0.1, -0.05) is 0 Å². The molecule has 38 heavy (non-hydrogen) atoms. The molecule has 8 nitrogen and oxygen atoms in total. The summed E-state index contributed by atoms with van der Waals surface area (Å²) in [6, 6.07) is 13.2. The smallest absolute Gasteiger partial charge is 0.102 e. The van der Waals surface area contributed by atoms with E-state index in [1.54, 1.807) is 0 Å². The number of aromatic amines is 6. The zero-order valence-corrected chi connectivity index (χ0v) is 21.1. The van der Waals surface area contributed by atoms with E-state index in [4.69, 9.17) is 0 Å². The predicted octanol–water partition coefficient (Wildman–Crippen LogP) is 4.56. The van der Waals surface area contributed by atoms with Crippen molar-refractivity contribution in [1.29, 1.82) is 0 Å². The summed E-state index contributed by atoms with van der Waals surface area (Å²) in [6.07, 6.45) is 24.9. The van der Waals surface area contributed by atoms with Crippen LogP contribution in [0.5, 0.6) is 0 Å². The van der Waals surface area contributed by atoms with Crippen molar-refractivity contribution in [3.8, 4) is 0 Å². The molecular formula is C30H32N8. The van der Waals surface area contributed by atoms with Gasteiger partial charge in [0.1, 0.15) is 11.1 Å². The van der Waals surface area contributed by atoms with Crippen LogP contribution in [-0.2, 0) is 11.1 Å². The first kappa shape index (κ1) is 22.8. The Morgan fingerprint density at radius 1 is 0.368 bits per heavy atom. The van der Waals surface area contributed by atoms with Crippen LogP contribution in [0.2, 0.25) is 0 Å². The molecule has 7 rings (SSSR count). The molecule has 0 saturated carbocycles. The molecular weight excluding hydrogens is 472 g/mol. The monoisotopic (exact) mass is 504 g/mol. The summed E-state index contributed by atoms with van der Waals surface area (Å²) in [4.78, 5) is 25.2. The van der Waals surface area contributed by atoms with E-state index < -0.39 is 11.1 Å². The van der Waals surface area contributed by atoms with Gasteiger partial charge in [-0.25, -0.2) is 0 Å². The Hall–Kier alpha value is -4.40. The highest BCUT2D eigenvalue weighted by Gasteiger charge is 2.49. The van der Waals surface area contributed by atoms with E-state index in [9.17, 15) is 0 Å². The maximum atomic E-state index is 3.32. The highest BCUT2D eigenvalue weighted by Crippen LogP contribution is 2.46. The molecule has 7 heterocycles. The van der Waals surface area contributed by atoms with E-state index >= 15 is 0 Å². The van der Waals surface area contributed by atoms with Crippen molar-refractivity contribution in [2.75, 3.05) is 26.2 Å². The van der Waals surface area contributed by atoms with Crippen molar-refractivity contribution >= 4 is 0 Å². The standard InChI is InChI=1S/C30H32N8/c1-7-31-17-23(1)29(24-2-8-32-18-24,25-3-9-33-19-25)37-13-15-38(16-14-37)30(26-4-10-34-20-26,27-5-11-35-21-27)28-6-12-36-22-28/h1-12,17-22,31-36H,13-16H2. The molecule has 1 fully saturated rings. The molecule has 0 amide bonds. The minimum atomic E-state index is -0.412. The van der Waals surface area contributed by atoms with E-state index in [0.29, 0.717) is 0 Å². The largest absolute Gasteiger partial charge is 0.367 e. The van der Waals surface area contributed by atoms with Gasteiger partial charge in [-0.15, -0.1) is 0 Å². The molecule has 0 spiro atoms. The van der Waals surface area contributed by atoms with Crippen LogP contribution in [0, 0.1) is 0 Å². The van der Waals surface area contributed by atoms with Crippen molar-refractivity contribution < 1.29 is 0 Å². The van der Waals surface area contributed by atoms with Gasteiger partial charge in [0.25, 0.3) is 0 Å². The summed E-state index contributed by atoms with van der Waals surface area (Å²) < 4.78 is 0. The molecule has 6 aromatic rings. The Kier molecular flexibility index (Phi) is 5.49. The van der Waals surface area contributed by atoms with Crippen molar-refractivity contribution in [2.45, 2.75) is 11.1 Å². The average Bonchev–Trinajstić information content (AvgIpc) is 3.82. The van der Waals surface area contributed by atoms with Crippen molar-refractivity contribution in [3.63, 3.8) is 0 Å². The minimum Gasteiger partial charge on any atom is -0.367 e. The summed E-state index contributed by atoms with van der Waals surface area (Å²) in [5, 5.41) is 0. The number of rotatable bonds is 8. The summed E-state index contributed by atoms with van der Waals surface area (Å²) >= 11 is 0. The zero-order valence-electron chi connectivity index (χ0n) is 21.1. The van der Waals surface area contributed by atoms with Gasteiger partial charge >= 0.3 is 0 Å². The third-order valence-corrected chi connectivity index (χ3v) is 8.32.